The Hall–Kier alpha value is -0.593. The Balaban J connectivity index is 4.36. The molecule has 0 aromatic rings. The molecule has 1 unspecified atom stereocenters. The molecule has 0 aliphatic rings. The van der Waals surface area contributed by atoms with Gasteiger partial charge in [-0.2, -0.15) is 0 Å². The Morgan fingerprint density at radius 1 is 0.933 bits per heavy atom. The van der Waals surface area contributed by atoms with Gasteiger partial charge < -0.3 is 19.4 Å². The summed E-state index contributed by atoms with van der Waals surface area (Å²) in [4.78, 5) is 14.6. The number of carbonyl (C=O) groups is 1. The number of nitrogens with zero attached hydrogens (tertiary/aromatic N) is 1. The first-order chi connectivity index (χ1) is 14.1. The molecule has 0 aromatic heterocycles. The Bertz CT molecular complexity index is 435. The van der Waals surface area contributed by atoms with Crippen LogP contribution in [0.2, 0.25) is 18.1 Å². The normalized spacial score (nSPS) is 13.5. The maximum absolute atomic E-state index is 12.3. The highest BCUT2D eigenvalue weighted by Gasteiger charge is 2.36. The number of amides is 1. The third-order valence-electron chi connectivity index (χ3n) is 6.44. The predicted octanol–water partition coefficient (Wildman–Crippen LogP) is 6.59. The number of ether oxygens (including phenoxy) is 1. The van der Waals surface area contributed by atoms with E-state index in [1.165, 1.54) is 19.3 Å². The topological polar surface area (TPSA) is 50.8 Å². The number of hydrogen-bond donors (Lipinski definition) is 1. The lowest BCUT2D eigenvalue weighted by Gasteiger charge is -2.36. The van der Waals surface area contributed by atoms with Gasteiger partial charge in [0.1, 0.15) is 0 Å². The number of alkyl carbamates (subject to hydrolysis) is 1. The van der Waals surface area contributed by atoms with Gasteiger partial charge in [-0.05, 0) is 56.9 Å². The van der Waals surface area contributed by atoms with Crippen LogP contribution in [-0.4, -0.2) is 58.2 Å². The Morgan fingerprint density at radius 3 is 2.13 bits per heavy atom. The number of rotatable bonds is 17. The summed E-state index contributed by atoms with van der Waals surface area (Å²) in [6.45, 7) is 22.3. The largest absolute Gasteiger partial charge is 0.450 e. The summed E-state index contributed by atoms with van der Waals surface area (Å²) in [7, 11) is -1.70. The van der Waals surface area contributed by atoms with Crippen LogP contribution in [0.4, 0.5) is 4.79 Å². The average molecular weight is 445 g/mol. The lowest BCUT2D eigenvalue weighted by molar-refractivity contribution is 0.133. The van der Waals surface area contributed by atoms with Crippen LogP contribution in [0, 0.1) is 0 Å². The van der Waals surface area contributed by atoms with Crippen LogP contribution in [0.15, 0.2) is 0 Å². The van der Waals surface area contributed by atoms with Crippen LogP contribution in [-0.2, 0) is 9.16 Å². The Morgan fingerprint density at radius 2 is 1.57 bits per heavy atom. The molecule has 0 bridgehead atoms. The second-order valence-corrected chi connectivity index (χ2v) is 14.8. The van der Waals surface area contributed by atoms with E-state index in [4.69, 9.17) is 9.16 Å². The highest BCUT2D eigenvalue weighted by Crippen LogP contribution is 2.36. The average Bonchev–Trinajstić information content (AvgIpc) is 2.67. The molecule has 1 amide bonds. The van der Waals surface area contributed by atoms with Crippen LogP contribution in [0.3, 0.4) is 0 Å². The van der Waals surface area contributed by atoms with Crippen molar-refractivity contribution >= 4 is 14.4 Å². The first-order valence-corrected chi connectivity index (χ1v) is 15.3. The minimum Gasteiger partial charge on any atom is -0.450 e. The fourth-order valence-corrected chi connectivity index (χ4v) is 4.27. The van der Waals surface area contributed by atoms with Crippen molar-refractivity contribution in [2.45, 2.75) is 117 Å². The van der Waals surface area contributed by atoms with Gasteiger partial charge in [0.25, 0.3) is 0 Å². The van der Waals surface area contributed by atoms with Crippen molar-refractivity contribution in [2.24, 2.45) is 0 Å². The van der Waals surface area contributed by atoms with Crippen molar-refractivity contribution in [3.05, 3.63) is 0 Å². The molecule has 0 aromatic carbocycles. The minimum atomic E-state index is -1.70. The molecule has 0 spiro atoms. The SMILES string of the molecule is CCCCCCC(CCCO[Si](C)(C)C(C)(C)C)NC(=O)OCCCN(CC)CC. The van der Waals surface area contributed by atoms with Gasteiger partial charge in [-0.1, -0.05) is 67.2 Å². The summed E-state index contributed by atoms with van der Waals surface area (Å²) in [5.74, 6) is 0. The van der Waals surface area contributed by atoms with Crippen molar-refractivity contribution in [3.8, 4) is 0 Å². The standard InChI is InChI=1S/C24H52N2O3Si/c1-9-12-13-14-17-22(18-15-21-29-30(7,8)24(4,5)6)25-23(27)28-20-16-19-26(10-2)11-3/h22H,9-21H2,1-8H3,(H,25,27). The highest BCUT2D eigenvalue weighted by atomic mass is 28.4. The van der Waals surface area contributed by atoms with Gasteiger partial charge in [0, 0.05) is 19.2 Å². The summed E-state index contributed by atoms with van der Waals surface area (Å²) < 4.78 is 11.7. The first kappa shape index (κ1) is 29.4. The molecule has 0 radical (unpaired) electrons. The molecular weight excluding hydrogens is 392 g/mol. The molecule has 30 heavy (non-hydrogen) atoms. The second-order valence-electron chi connectivity index (χ2n) is 9.96. The summed E-state index contributed by atoms with van der Waals surface area (Å²) in [6.07, 6.45) is 8.45. The van der Waals surface area contributed by atoms with Crippen molar-refractivity contribution in [1.29, 1.82) is 0 Å². The molecule has 6 heteroatoms. The smallest absolute Gasteiger partial charge is 0.407 e. The molecule has 0 aliphatic carbocycles. The quantitative estimate of drug-likeness (QED) is 0.203. The van der Waals surface area contributed by atoms with Gasteiger partial charge in [0.15, 0.2) is 8.32 Å². The van der Waals surface area contributed by atoms with E-state index in [-0.39, 0.29) is 17.2 Å². The van der Waals surface area contributed by atoms with E-state index in [0.29, 0.717) is 6.61 Å². The lowest BCUT2D eigenvalue weighted by atomic mass is 10.0. The molecule has 0 fully saturated rings. The molecule has 1 atom stereocenters. The Kier molecular flexibility index (Phi) is 15.8. The maximum atomic E-state index is 12.3. The molecule has 1 N–H and O–H groups in total. The van der Waals surface area contributed by atoms with E-state index in [1.54, 1.807) is 0 Å². The van der Waals surface area contributed by atoms with E-state index < -0.39 is 8.32 Å². The number of unbranched alkanes of at least 4 members (excludes halogenated alkanes) is 3. The van der Waals surface area contributed by atoms with Crippen molar-refractivity contribution in [2.75, 3.05) is 32.8 Å². The third-order valence-corrected chi connectivity index (χ3v) is 11.0. The molecule has 0 saturated heterocycles. The van der Waals surface area contributed by atoms with Crippen LogP contribution in [0.5, 0.6) is 0 Å². The summed E-state index contributed by atoms with van der Waals surface area (Å²) in [6, 6.07) is 0.181. The third kappa shape index (κ3) is 13.7. The molecular formula is C24H52N2O3Si. The molecule has 0 heterocycles. The van der Waals surface area contributed by atoms with Crippen LogP contribution in [0.1, 0.15) is 92.9 Å². The van der Waals surface area contributed by atoms with E-state index in [1.807, 2.05) is 0 Å². The van der Waals surface area contributed by atoms with Crippen LogP contribution in [0.25, 0.3) is 0 Å². The van der Waals surface area contributed by atoms with Gasteiger partial charge in [0.2, 0.25) is 0 Å². The second kappa shape index (κ2) is 16.1. The fourth-order valence-electron chi connectivity index (χ4n) is 3.18. The van der Waals surface area contributed by atoms with Gasteiger partial charge >= 0.3 is 6.09 Å². The molecule has 0 aliphatic heterocycles. The number of hydrogen-bond acceptors (Lipinski definition) is 4. The van der Waals surface area contributed by atoms with Crippen LogP contribution >= 0.6 is 0 Å². The van der Waals surface area contributed by atoms with Gasteiger partial charge in [-0.15, -0.1) is 0 Å². The number of carbonyl (C=O) groups excluding carboxylic acids is 1. The summed E-state index contributed by atoms with van der Waals surface area (Å²) >= 11 is 0. The van der Waals surface area contributed by atoms with Crippen LogP contribution < -0.4 is 5.32 Å². The highest BCUT2D eigenvalue weighted by molar-refractivity contribution is 6.74. The fraction of sp³-hybridized carbons (Fsp3) is 0.958. The van der Waals surface area contributed by atoms with Gasteiger partial charge in [-0.25, -0.2) is 4.79 Å². The molecule has 5 nitrogen and oxygen atoms in total. The zero-order chi connectivity index (χ0) is 23.0. The maximum Gasteiger partial charge on any atom is 0.407 e. The van der Waals surface area contributed by atoms with E-state index >= 15 is 0 Å². The predicted molar refractivity (Wildman–Crippen MR) is 132 cm³/mol. The molecule has 0 rings (SSSR count). The summed E-state index contributed by atoms with van der Waals surface area (Å²) in [5.41, 5.74) is 0. The summed E-state index contributed by atoms with van der Waals surface area (Å²) in [5, 5.41) is 3.35. The zero-order valence-corrected chi connectivity index (χ0v) is 22.4. The van der Waals surface area contributed by atoms with Crippen molar-refractivity contribution < 1.29 is 14.0 Å². The van der Waals surface area contributed by atoms with E-state index in [9.17, 15) is 4.79 Å². The van der Waals surface area contributed by atoms with E-state index in [2.05, 4.69) is 64.9 Å². The lowest BCUT2D eigenvalue weighted by Crippen LogP contribution is -2.41. The van der Waals surface area contributed by atoms with E-state index in [0.717, 1.165) is 58.3 Å². The van der Waals surface area contributed by atoms with Gasteiger partial charge in [0.05, 0.1) is 6.61 Å². The first-order valence-electron chi connectivity index (χ1n) is 12.4. The molecule has 0 saturated carbocycles. The number of nitrogens with one attached hydrogen (secondary N) is 1. The monoisotopic (exact) mass is 444 g/mol. The molecule has 180 valence electrons. The van der Waals surface area contributed by atoms with Crippen molar-refractivity contribution in [1.82, 2.24) is 10.2 Å². The Labute approximate surface area is 188 Å². The zero-order valence-electron chi connectivity index (χ0n) is 21.4. The minimum absolute atomic E-state index is 0.181. The van der Waals surface area contributed by atoms with Crippen molar-refractivity contribution in [3.63, 3.8) is 0 Å². The van der Waals surface area contributed by atoms with Gasteiger partial charge in [-0.3, -0.25) is 0 Å².